The average molecular weight is 189 g/mol. The highest BCUT2D eigenvalue weighted by molar-refractivity contribution is 5.69. The fraction of sp³-hybridized carbons (Fsp3) is 0.125. The Morgan fingerprint density at radius 3 is 3.29 bits per heavy atom. The molecular weight excluding hydrogens is 182 g/mol. The molecule has 1 aliphatic rings. The predicted octanol–water partition coefficient (Wildman–Crippen LogP) is 0.341. The zero-order valence-electron chi connectivity index (χ0n) is 7.19. The highest BCUT2D eigenvalue weighted by Gasteiger charge is 2.20. The Morgan fingerprint density at radius 2 is 2.36 bits per heavy atom. The van der Waals surface area contributed by atoms with E-state index < -0.39 is 0 Å². The van der Waals surface area contributed by atoms with E-state index in [0.29, 0.717) is 18.1 Å². The second-order valence-electron chi connectivity index (χ2n) is 2.99. The van der Waals surface area contributed by atoms with Crippen LogP contribution in [0.1, 0.15) is 5.69 Å². The number of hydrogen-bond donors (Lipinski definition) is 2. The second-order valence-corrected chi connectivity index (χ2v) is 2.99. The van der Waals surface area contributed by atoms with Gasteiger partial charge < -0.3 is 10.5 Å². The Balaban J connectivity index is 2.28. The van der Waals surface area contributed by atoms with Crippen LogP contribution < -0.4 is 10.5 Å². The minimum atomic E-state index is 0.237. The van der Waals surface area contributed by atoms with Crippen LogP contribution in [0.5, 0.6) is 5.75 Å². The molecule has 3 N–H and O–H groups in total. The fourth-order valence-electron chi connectivity index (χ4n) is 1.46. The molecule has 0 radical (unpaired) electrons. The predicted molar refractivity (Wildman–Crippen MR) is 48.4 cm³/mol. The van der Waals surface area contributed by atoms with Crippen LogP contribution in [0.2, 0.25) is 0 Å². The largest absolute Gasteiger partial charge is 0.483 e. The van der Waals surface area contributed by atoms with Gasteiger partial charge in [-0.05, 0) is 0 Å². The first-order valence-corrected chi connectivity index (χ1v) is 4.12. The van der Waals surface area contributed by atoms with Crippen molar-refractivity contribution < 1.29 is 4.74 Å². The number of anilines is 1. The first-order valence-electron chi connectivity index (χ1n) is 4.12. The third kappa shape index (κ3) is 0.875. The van der Waals surface area contributed by atoms with E-state index in [2.05, 4.69) is 20.2 Å². The van der Waals surface area contributed by atoms with Crippen LogP contribution in [0.3, 0.4) is 0 Å². The smallest absolute Gasteiger partial charge is 0.220 e. The SMILES string of the molecule is Nc1ncc2c(n1)-c1cn[nH]c1CO2. The second kappa shape index (κ2) is 2.44. The van der Waals surface area contributed by atoms with E-state index >= 15 is 0 Å². The van der Waals surface area contributed by atoms with Crippen molar-refractivity contribution in [2.75, 3.05) is 5.73 Å². The first kappa shape index (κ1) is 7.31. The van der Waals surface area contributed by atoms with Gasteiger partial charge in [-0.3, -0.25) is 5.10 Å². The molecule has 6 heteroatoms. The van der Waals surface area contributed by atoms with Crippen molar-refractivity contribution in [3.05, 3.63) is 18.1 Å². The Labute approximate surface area is 79.1 Å². The van der Waals surface area contributed by atoms with Crippen LogP contribution in [0.25, 0.3) is 11.3 Å². The Bertz CT molecular complexity index is 492. The molecule has 0 spiro atoms. The topological polar surface area (TPSA) is 89.7 Å². The molecule has 0 saturated carbocycles. The lowest BCUT2D eigenvalue weighted by Gasteiger charge is -2.15. The molecule has 14 heavy (non-hydrogen) atoms. The molecule has 70 valence electrons. The number of nitrogen functional groups attached to an aromatic ring is 1. The van der Waals surface area contributed by atoms with Crippen LogP contribution in [0.4, 0.5) is 5.95 Å². The first-order chi connectivity index (χ1) is 6.84. The van der Waals surface area contributed by atoms with Gasteiger partial charge in [-0.2, -0.15) is 5.10 Å². The maximum absolute atomic E-state index is 5.50. The van der Waals surface area contributed by atoms with Gasteiger partial charge in [-0.1, -0.05) is 0 Å². The summed E-state index contributed by atoms with van der Waals surface area (Å²) in [6.07, 6.45) is 3.29. The van der Waals surface area contributed by atoms with Crippen LogP contribution in [0.15, 0.2) is 12.4 Å². The number of aromatic nitrogens is 4. The van der Waals surface area contributed by atoms with Crippen molar-refractivity contribution in [3.8, 4) is 17.0 Å². The van der Waals surface area contributed by atoms with Gasteiger partial charge in [-0.25, -0.2) is 9.97 Å². The molecule has 0 aliphatic carbocycles. The van der Waals surface area contributed by atoms with E-state index in [1.807, 2.05) is 0 Å². The van der Waals surface area contributed by atoms with Crippen LogP contribution >= 0.6 is 0 Å². The summed E-state index contributed by atoms with van der Waals surface area (Å²) < 4.78 is 5.41. The summed E-state index contributed by atoms with van der Waals surface area (Å²) in [6.45, 7) is 0.468. The third-order valence-corrected chi connectivity index (χ3v) is 2.12. The number of hydrogen-bond acceptors (Lipinski definition) is 5. The normalized spacial score (nSPS) is 12.9. The maximum Gasteiger partial charge on any atom is 0.220 e. The lowest BCUT2D eigenvalue weighted by atomic mass is 10.1. The number of H-pyrrole nitrogens is 1. The van der Waals surface area contributed by atoms with Crippen molar-refractivity contribution in [1.29, 1.82) is 0 Å². The van der Waals surface area contributed by atoms with Crippen molar-refractivity contribution >= 4 is 5.95 Å². The number of fused-ring (bicyclic) bond motifs is 3. The number of nitrogens with one attached hydrogen (secondary N) is 1. The number of rotatable bonds is 0. The molecule has 2 aromatic heterocycles. The molecule has 0 bridgehead atoms. The molecule has 3 heterocycles. The lowest BCUT2D eigenvalue weighted by molar-refractivity contribution is 0.294. The molecule has 0 amide bonds. The average Bonchev–Trinajstić information content (AvgIpc) is 2.65. The van der Waals surface area contributed by atoms with E-state index in [1.54, 1.807) is 12.4 Å². The van der Waals surface area contributed by atoms with E-state index in [4.69, 9.17) is 10.5 Å². The highest BCUT2D eigenvalue weighted by Crippen LogP contribution is 2.34. The molecular formula is C8H7N5O. The minimum Gasteiger partial charge on any atom is -0.483 e. The van der Waals surface area contributed by atoms with Gasteiger partial charge in [0.05, 0.1) is 18.1 Å². The quantitative estimate of drug-likeness (QED) is 0.623. The van der Waals surface area contributed by atoms with Gasteiger partial charge in [0.2, 0.25) is 5.95 Å². The van der Waals surface area contributed by atoms with Gasteiger partial charge in [-0.15, -0.1) is 0 Å². The summed E-state index contributed by atoms with van der Waals surface area (Å²) in [5, 5.41) is 6.77. The van der Waals surface area contributed by atoms with Crippen LogP contribution in [-0.2, 0) is 6.61 Å². The van der Waals surface area contributed by atoms with Crippen molar-refractivity contribution in [3.63, 3.8) is 0 Å². The molecule has 1 aliphatic heterocycles. The number of nitrogens with two attached hydrogens (primary N) is 1. The summed E-state index contributed by atoms with van der Waals surface area (Å²) in [5.74, 6) is 0.884. The van der Waals surface area contributed by atoms with Gasteiger partial charge in [0.1, 0.15) is 12.3 Å². The van der Waals surface area contributed by atoms with Crippen molar-refractivity contribution in [2.45, 2.75) is 6.61 Å². The van der Waals surface area contributed by atoms with Crippen molar-refractivity contribution in [1.82, 2.24) is 20.2 Å². The third-order valence-electron chi connectivity index (χ3n) is 2.12. The van der Waals surface area contributed by atoms with E-state index in [9.17, 15) is 0 Å². The van der Waals surface area contributed by atoms with E-state index in [1.165, 1.54) is 0 Å². The standard InChI is InChI=1S/C8H7N5O/c9-8-10-2-6-7(12-8)4-1-11-13-5(4)3-14-6/h1-2H,3H2,(H,11,13)(H2,9,10,12). The van der Waals surface area contributed by atoms with Crippen LogP contribution in [0, 0.1) is 0 Å². The summed E-state index contributed by atoms with van der Waals surface area (Å²) in [4.78, 5) is 7.97. The molecule has 3 rings (SSSR count). The van der Waals surface area contributed by atoms with Gasteiger partial charge in [0.25, 0.3) is 0 Å². The molecule has 0 saturated heterocycles. The lowest BCUT2D eigenvalue weighted by Crippen LogP contribution is -2.08. The number of aromatic amines is 1. The van der Waals surface area contributed by atoms with Crippen LogP contribution in [-0.4, -0.2) is 20.2 Å². The molecule has 0 fully saturated rings. The van der Waals surface area contributed by atoms with Gasteiger partial charge >= 0.3 is 0 Å². The molecule has 0 aromatic carbocycles. The molecule has 2 aromatic rings. The van der Waals surface area contributed by atoms with Gasteiger partial charge in [0.15, 0.2) is 5.75 Å². The fourth-order valence-corrected chi connectivity index (χ4v) is 1.46. The molecule has 0 atom stereocenters. The Kier molecular flexibility index (Phi) is 1.27. The Hall–Kier alpha value is -2.11. The van der Waals surface area contributed by atoms with E-state index in [-0.39, 0.29) is 5.95 Å². The van der Waals surface area contributed by atoms with Crippen molar-refractivity contribution in [2.24, 2.45) is 0 Å². The maximum atomic E-state index is 5.50. The number of ether oxygens (including phenoxy) is 1. The highest BCUT2D eigenvalue weighted by atomic mass is 16.5. The minimum absolute atomic E-state index is 0.237. The number of nitrogens with zero attached hydrogens (tertiary/aromatic N) is 3. The Morgan fingerprint density at radius 1 is 1.43 bits per heavy atom. The summed E-state index contributed by atoms with van der Waals surface area (Å²) >= 11 is 0. The summed E-state index contributed by atoms with van der Waals surface area (Å²) in [6, 6.07) is 0. The molecule has 0 unspecified atom stereocenters. The van der Waals surface area contributed by atoms with Gasteiger partial charge in [0, 0.05) is 5.56 Å². The zero-order chi connectivity index (χ0) is 9.54. The zero-order valence-corrected chi connectivity index (χ0v) is 7.19. The molecule has 6 nitrogen and oxygen atoms in total. The summed E-state index contributed by atoms with van der Waals surface area (Å²) in [7, 11) is 0. The monoisotopic (exact) mass is 189 g/mol. The van der Waals surface area contributed by atoms with E-state index in [0.717, 1.165) is 11.3 Å². The summed E-state index contributed by atoms with van der Waals surface area (Å²) in [5.41, 5.74) is 8.04.